The zero-order valence-electron chi connectivity index (χ0n) is 13.7. The van der Waals surface area contributed by atoms with E-state index in [-0.39, 0.29) is 0 Å². The fourth-order valence-electron chi connectivity index (χ4n) is 2.99. The molecule has 0 atom stereocenters. The second-order valence-corrected chi connectivity index (χ2v) is 6.98. The van der Waals surface area contributed by atoms with Gasteiger partial charge in [0.15, 0.2) is 11.5 Å². The summed E-state index contributed by atoms with van der Waals surface area (Å²) < 4.78 is 11.7. The summed E-state index contributed by atoms with van der Waals surface area (Å²) in [6.45, 7) is 4.15. The summed E-state index contributed by atoms with van der Waals surface area (Å²) in [6.07, 6.45) is 5.33. The Morgan fingerprint density at radius 3 is 2.74 bits per heavy atom. The number of hydrogen-bond donors (Lipinski definition) is 1. The molecule has 0 radical (unpaired) electrons. The predicted molar refractivity (Wildman–Crippen MR) is 95.4 cm³/mol. The Kier molecular flexibility index (Phi) is 5.94. The van der Waals surface area contributed by atoms with E-state index in [2.05, 4.69) is 28.9 Å². The van der Waals surface area contributed by atoms with Crippen molar-refractivity contribution in [3.63, 3.8) is 0 Å². The van der Waals surface area contributed by atoms with E-state index in [9.17, 15) is 0 Å². The Bertz CT molecular complexity index is 591. The van der Waals surface area contributed by atoms with E-state index < -0.39 is 0 Å². The average Bonchev–Trinajstić information content (AvgIpc) is 3.26. The van der Waals surface area contributed by atoms with Gasteiger partial charge in [0.2, 0.25) is 0 Å². The number of rotatable bonds is 8. The maximum atomic E-state index is 5.93. The standard InChI is InChI=1S/C19H25NO2S/c1-2-21-19-12-15(13-20-16-6-3-4-7-16)9-10-18(19)22-14-17-8-5-11-23-17/h5,8-12,16,20H,2-4,6-7,13-14H2,1H3. The minimum atomic E-state index is 0.595. The summed E-state index contributed by atoms with van der Waals surface area (Å²) >= 11 is 1.71. The minimum Gasteiger partial charge on any atom is -0.490 e. The average molecular weight is 331 g/mol. The molecular weight excluding hydrogens is 306 g/mol. The Hall–Kier alpha value is -1.52. The van der Waals surface area contributed by atoms with Crippen molar-refractivity contribution in [2.75, 3.05) is 6.61 Å². The molecular formula is C19H25NO2S. The van der Waals surface area contributed by atoms with Crippen LogP contribution in [0.2, 0.25) is 0 Å². The zero-order valence-corrected chi connectivity index (χ0v) is 14.5. The van der Waals surface area contributed by atoms with Crippen LogP contribution >= 0.6 is 11.3 Å². The molecule has 0 unspecified atom stereocenters. The molecule has 1 aliphatic rings. The van der Waals surface area contributed by atoms with E-state index in [4.69, 9.17) is 9.47 Å². The Morgan fingerprint density at radius 1 is 1.13 bits per heavy atom. The van der Waals surface area contributed by atoms with E-state index in [0.29, 0.717) is 19.3 Å². The third-order valence-corrected chi connectivity index (χ3v) is 5.06. The predicted octanol–water partition coefficient (Wildman–Crippen LogP) is 4.76. The molecule has 0 spiro atoms. The van der Waals surface area contributed by atoms with Gasteiger partial charge in [-0.3, -0.25) is 0 Å². The number of nitrogens with one attached hydrogen (secondary N) is 1. The first-order valence-corrected chi connectivity index (χ1v) is 9.37. The van der Waals surface area contributed by atoms with Crippen molar-refractivity contribution in [3.05, 3.63) is 46.2 Å². The molecule has 1 fully saturated rings. The molecule has 0 aliphatic heterocycles. The molecule has 1 aromatic heterocycles. The minimum absolute atomic E-state index is 0.595. The van der Waals surface area contributed by atoms with Gasteiger partial charge in [0.1, 0.15) is 6.61 Å². The highest BCUT2D eigenvalue weighted by Gasteiger charge is 2.14. The lowest BCUT2D eigenvalue weighted by molar-refractivity contribution is 0.271. The molecule has 1 aliphatic carbocycles. The van der Waals surface area contributed by atoms with Gasteiger partial charge in [-0.15, -0.1) is 11.3 Å². The van der Waals surface area contributed by atoms with Gasteiger partial charge in [0.05, 0.1) is 6.61 Å². The number of benzene rings is 1. The van der Waals surface area contributed by atoms with Gasteiger partial charge in [-0.25, -0.2) is 0 Å². The van der Waals surface area contributed by atoms with Gasteiger partial charge in [-0.05, 0) is 48.9 Å². The molecule has 2 aromatic rings. The van der Waals surface area contributed by atoms with Gasteiger partial charge in [-0.1, -0.05) is 25.0 Å². The second-order valence-electron chi connectivity index (χ2n) is 5.94. The van der Waals surface area contributed by atoms with Crippen LogP contribution in [0.4, 0.5) is 0 Å². The van der Waals surface area contributed by atoms with Gasteiger partial charge in [-0.2, -0.15) is 0 Å². The normalized spacial score (nSPS) is 15.0. The van der Waals surface area contributed by atoms with Gasteiger partial charge < -0.3 is 14.8 Å². The van der Waals surface area contributed by atoms with Gasteiger partial charge in [0, 0.05) is 17.5 Å². The Morgan fingerprint density at radius 2 is 2.00 bits per heavy atom. The summed E-state index contributed by atoms with van der Waals surface area (Å²) in [5.41, 5.74) is 1.25. The quantitative estimate of drug-likeness (QED) is 0.756. The molecule has 23 heavy (non-hydrogen) atoms. The molecule has 0 bridgehead atoms. The molecule has 3 nitrogen and oxygen atoms in total. The molecule has 1 heterocycles. The number of ether oxygens (including phenoxy) is 2. The van der Waals surface area contributed by atoms with Crippen LogP contribution in [0.1, 0.15) is 43.0 Å². The van der Waals surface area contributed by atoms with Crippen LogP contribution in [0.3, 0.4) is 0 Å². The Balaban J connectivity index is 1.62. The lowest BCUT2D eigenvalue weighted by atomic mass is 10.1. The monoisotopic (exact) mass is 331 g/mol. The first kappa shape index (κ1) is 16.3. The third-order valence-electron chi connectivity index (χ3n) is 4.21. The van der Waals surface area contributed by atoms with Crippen molar-refractivity contribution in [1.82, 2.24) is 5.32 Å². The third kappa shape index (κ3) is 4.72. The Labute approximate surface area is 142 Å². The largest absolute Gasteiger partial charge is 0.490 e. The smallest absolute Gasteiger partial charge is 0.161 e. The van der Waals surface area contributed by atoms with Crippen LogP contribution in [0.25, 0.3) is 0 Å². The highest BCUT2D eigenvalue weighted by molar-refractivity contribution is 7.09. The van der Waals surface area contributed by atoms with E-state index in [1.165, 1.54) is 36.1 Å². The van der Waals surface area contributed by atoms with Crippen LogP contribution in [0, 0.1) is 0 Å². The SMILES string of the molecule is CCOc1cc(CNC2CCCC2)ccc1OCc1cccs1. The fraction of sp³-hybridized carbons (Fsp3) is 0.474. The van der Waals surface area contributed by atoms with E-state index in [0.717, 1.165) is 18.0 Å². The van der Waals surface area contributed by atoms with E-state index in [1.807, 2.05) is 19.1 Å². The van der Waals surface area contributed by atoms with Crippen molar-refractivity contribution in [2.45, 2.75) is 51.8 Å². The van der Waals surface area contributed by atoms with Crippen LogP contribution < -0.4 is 14.8 Å². The maximum Gasteiger partial charge on any atom is 0.161 e. The highest BCUT2D eigenvalue weighted by atomic mass is 32.1. The van der Waals surface area contributed by atoms with Crippen LogP contribution in [0.5, 0.6) is 11.5 Å². The maximum absolute atomic E-state index is 5.93. The van der Waals surface area contributed by atoms with Crippen molar-refractivity contribution in [3.8, 4) is 11.5 Å². The van der Waals surface area contributed by atoms with Crippen molar-refractivity contribution in [2.24, 2.45) is 0 Å². The molecule has 0 saturated heterocycles. The molecule has 4 heteroatoms. The highest BCUT2D eigenvalue weighted by Crippen LogP contribution is 2.30. The van der Waals surface area contributed by atoms with Crippen LogP contribution in [0.15, 0.2) is 35.7 Å². The number of hydrogen-bond acceptors (Lipinski definition) is 4. The summed E-state index contributed by atoms with van der Waals surface area (Å²) in [5.74, 6) is 1.67. The van der Waals surface area contributed by atoms with Crippen molar-refractivity contribution < 1.29 is 9.47 Å². The van der Waals surface area contributed by atoms with E-state index in [1.54, 1.807) is 11.3 Å². The molecule has 0 amide bonds. The summed E-state index contributed by atoms with van der Waals surface area (Å²) in [7, 11) is 0. The lowest BCUT2D eigenvalue weighted by Gasteiger charge is -2.15. The zero-order chi connectivity index (χ0) is 15.9. The van der Waals surface area contributed by atoms with Crippen LogP contribution in [-0.4, -0.2) is 12.6 Å². The summed E-state index contributed by atoms with van der Waals surface area (Å²) in [4.78, 5) is 1.22. The summed E-state index contributed by atoms with van der Waals surface area (Å²) in [5, 5.41) is 5.72. The first-order chi connectivity index (χ1) is 11.3. The second kappa shape index (κ2) is 8.37. The van der Waals surface area contributed by atoms with Crippen LogP contribution in [-0.2, 0) is 13.2 Å². The summed E-state index contributed by atoms with van der Waals surface area (Å²) in [6, 6.07) is 11.1. The molecule has 1 saturated carbocycles. The van der Waals surface area contributed by atoms with Gasteiger partial charge in [0.25, 0.3) is 0 Å². The topological polar surface area (TPSA) is 30.5 Å². The molecule has 124 valence electrons. The fourth-order valence-corrected chi connectivity index (χ4v) is 3.60. The van der Waals surface area contributed by atoms with Crippen molar-refractivity contribution in [1.29, 1.82) is 0 Å². The molecule has 3 rings (SSSR count). The van der Waals surface area contributed by atoms with Gasteiger partial charge >= 0.3 is 0 Å². The lowest BCUT2D eigenvalue weighted by Crippen LogP contribution is -2.25. The molecule has 1 aromatic carbocycles. The molecule has 1 N–H and O–H groups in total. The number of thiophene rings is 1. The van der Waals surface area contributed by atoms with E-state index >= 15 is 0 Å². The first-order valence-electron chi connectivity index (χ1n) is 8.49. The van der Waals surface area contributed by atoms with Crippen molar-refractivity contribution >= 4 is 11.3 Å².